The van der Waals surface area contributed by atoms with E-state index in [0.29, 0.717) is 0 Å². The first-order valence-electron chi connectivity index (χ1n) is 5.12. The average Bonchev–Trinajstić information content (AvgIpc) is 2.21. The first-order chi connectivity index (χ1) is 7.60. The highest BCUT2D eigenvalue weighted by Gasteiger charge is 2.32. The summed E-state index contributed by atoms with van der Waals surface area (Å²) >= 11 is 0. The van der Waals surface area contributed by atoms with Crippen LogP contribution in [0.1, 0.15) is 20.3 Å². The lowest BCUT2D eigenvalue weighted by Gasteiger charge is -2.27. The zero-order valence-electron chi connectivity index (χ0n) is 9.88. The predicted octanol–water partition coefficient (Wildman–Crippen LogP) is -1.24. The highest BCUT2D eigenvalue weighted by molar-refractivity contribution is 7.85. The summed E-state index contributed by atoms with van der Waals surface area (Å²) in [6, 6.07) is 0. The summed E-state index contributed by atoms with van der Waals surface area (Å²) in [6.07, 6.45) is -1.32. The fourth-order valence-corrected chi connectivity index (χ4v) is 1.51. The summed E-state index contributed by atoms with van der Waals surface area (Å²) in [7, 11) is -4.03. The van der Waals surface area contributed by atoms with Gasteiger partial charge in [0.15, 0.2) is 0 Å². The normalized spacial score (nSPS) is 14.4. The fourth-order valence-electron chi connectivity index (χ4n) is 1.00. The smallest absolute Gasteiger partial charge is 0.264 e. The van der Waals surface area contributed by atoms with Gasteiger partial charge in [0.05, 0.1) is 12.4 Å². The average molecular weight is 269 g/mol. The van der Waals surface area contributed by atoms with E-state index in [2.05, 4.69) is 5.32 Å². The number of aliphatic hydroxyl groups excluding tert-OH is 2. The molecule has 0 aromatic heterocycles. The van der Waals surface area contributed by atoms with Crippen LogP contribution in [0.2, 0.25) is 0 Å². The molecule has 1 atom stereocenters. The van der Waals surface area contributed by atoms with Gasteiger partial charge in [0, 0.05) is 12.0 Å². The van der Waals surface area contributed by atoms with Crippen LogP contribution in [0, 0.1) is 5.41 Å². The molecule has 0 saturated heterocycles. The molecule has 7 nitrogen and oxygen atoms in total. The molecule has 0 saturated carbocycles. The number of aliphatic hydroxyl groups is 2. The van der Waals surface area contributed by atoms with Crippen molar-refractivity contribution in [3.63, 3.8) is 0 Å². The van der Waals surface area contributed by atoms with Crippen LogP contribution in [0.25, 0.3) is 0 Å². The molecule has 0 rings (SSSR count). The third-order valence-corrected chi connectivity index (χ3v) is 3.08. The summed E-state index contributed by atoms with van der Waals surface area (Å²) in [5.41, 5.74) is -0.965. The van der Waals surface area contributed by atoms with E-state index >= 15 is 0 Å². The maximum absolute atomic E-state index is 11.4. The van der Waals surface area contributed by atoms with Crippen LogP contribution in [0.4, 0.5) is 0 Å². The van der Waals surface area contributed by atoms with Gasteiger partial charge in [-0.3, -0.25) is 9.35 Å². The Morgan fingerprint density at radius 1 is 1.41 bits per heavy atom. The Labute approximate surface area is 101 Å². The van der Waals surface area contributed by atoms with Crippen molar-refractivity contribution in [2.45, 2.75) is 26.4 Å². The van der Waals surface area contributed by atoms with Gasteiger partial charge in [-0.2, -0.15) is 8.42 Å². The lowest BCUT2D eigenvalue weighted by atomic mass is 9.87. The molecule has 0 fully saturated rings. The third-order valence-electron chi connectivity index (χ3n) is 2.27. The van der Waals surface area contributed by atoms with Crippen LogP contribution in [-0.2, 0) is 14.9 Å². The van der Waals surface area contributed by atoms with Crippen molar-refractivity contribution >= 4 is 16.0 Å². The first-order valence-corrected chi connectivity index (χ1v) is 6.73. The molecule has 0 unspecified atom stereocenters. The number of rotatable bonds is 7. The highest BCUT2D eigenvalue weighted by atomic mass is 32.2. The van der Waals surface area contributed by atoms with Gasteiger partial charge in [0.2, 0.25) is 5.91 Å². The minimum Gasteiger partial charge on any atom is -0.396 e. The van der Waals surface area contributed by atoms with E-state index < -0.39 is 33.3 Å². The van der Waals surface area contributed by atoms with Crippen LogP contribution >= 0.6 is 0 Å². The summed E-state index contributed by atoms with van der Waals surface area (Å²) in [5.74, 6) is -1.13. The van der Waals surface area contributed by atoms with Gasteiger partial charge in [-0.15, -0.1) is 0 Å². The van der Waals surface area contributed by atoms with Gasteiger partial charge in [0.25, 0.3) is 10.1 Å². The number of hydrogen-bond donors (Lipinski definition) is 4. The van der Waals surface area contributed by atoms with E-state index in [0.717, 1.165) is 0 Å². The standard InChI is InChI=1S/C9H19NO6S/c1-9(2,6-11)7(12)8(13)10-4-3-5-17(14,15)16/h7,11-12H,3-6H2,1-2H3,(H,10,13)(H,14,15,16)/t7-/m0/s1. The molecule has 0 bridgehead atoms. The second-order valence-electron chi connectivity index (χ2n) is 4.48. The molecule has 0 aliphatic carbocycles. The molecular weight excluding hydrogens is 250 g/mol. The van der Waals surface area contributed by atoms with Gasteiger partial charge < -0.3 is 15.5 Å². The minimum absolute atomic E-state index is 0.0250. The second-order valence-corrected chi connectivity index (χ2v) is 6.05. The van der Waals surface area contributed by atoms with E-state index in [-0.39, 0.29) is 19.6 Å². The first kappa shape index (κ1) is 16.3. The Balaban J connectivity index is 4.04. The molecule has 102 valence electrons. The highest BCUT2D eigenvalue weighted by Crippen LogP contribution is 2.19. The lowest BCUT2D eigenvalue weighted by Crippen LogP contribution is -2.45. The van der Waals surface area contributed by atoms with Crippen LogP contribution in [0.5, 0.6) is 0 Å². The summed E-state index contributed by atoms with van der Waals surface area (Å²) in [4.78, 5) is 11.4. The van der Waals surface area contributed by atoms with E-state index in [1.54, 1.807) is 0 Å². The zero-order valence-corrected chi connectivity index (χ0v) is 10.7. The fraction of sp³-hybridized carbons (Fsp3) is 0.889. The van der Waals surface area contributed by atoms with Crippen LogP contribution in [0.3, 0.4) is 0 Å². The minimum atomic E-state index is -4.03. The molecule has 0 aromatic rings. The van der Waals surface area contributed by atoms with Crippen molar-refractivity contribution < 1.29 is 28.0 Å². The van der Waals surface area contributed by atoms with E-state index in [1.807, 2.05) is 0 Å². The SMILES string of the molecule is CC(C)(CO)[C@@H](O)C(=O)NCCCS(=O)(=O)O. The molecule has 0 aromatic carbocycles. The Hall–Kier alpha value is -0.700. The maximum Gasteiger partial charge on any atom is 0.264 e. The predicted molar refractivity (Wildman–Crippen MR) is 60.9 cm³/mol. The van der Waals surface area contributed by atoms with E-state index in [9.17, 15) is 18.3 Å². The van der Waals surface area contributed by atoms with Gasteiger partial charge >= 0.3 is 0 Å². The van der Waals surface area contributed by atoms with Gasteiger partial charge in [0.1, 0.15) is 6.10 Å². The zero-order chi connectivity index (χ0) is 13.7. The molecule has 0 aliphatic heterocycles. The van der Waals surface area contributed by atoms with Crippen molar-refractivity contribution in [3.05, 3.63) is 0 Å². The summed E-state index contributed by atoms with van der Waals surface area (Å²) in [5, 5.41) is 20.8. The van der Waals surface area contributed by atoms with Crippen molar-refractivity contribution in [2.24, 2.45) is 5.41 Å². The van der Waals surface area contributed by atoms with Crippen molar-refractivity contribution in [3.8, 4) is 0 Å². The van der Waals surface area contributed by atoms with Crippen molar-refractivity contribution in [2.75, 3.05) is 18.9 Å². The topological polar surface area (TPSA) is 124 Å². The monoisotopic (exact) mass is 269 g/mol. The molecular formula is C9H19NO6S. The quantitative estimate of drug-likeness (QED) is 0.338. The Bertz CT molecular complexity index is 350. The third kappa shape index (κ3) is 6.57. The largest absolute Gasteiger partial charge is 0.396 e. The number of carbonyl (C=O) groups is 1. The lowest BCUT2D eigenvalue weighted by molar-refractivity contribution is -0.137. The molecule has 17 heavy (non-hydrogen) atoms. The van der Waals surface area contributed by atoms with Crippen LogP contribution < -0.4 is 5.32 Å². The Morgan fingerprint density at radius 2 is 1.94 bits per heavy atom. The number of hydrogen-bond acceptors (Lipinski definition) is 5. The van der Waals surface area contributed by atoms with Crippen molar-refractivity contribution in [1.82, 2.24) is 5.32 Å². The van der Waals surface area contributed by atoms with E-state index in [1.165, 1.54) is 13.8 Å². The molecule has 0 heterocycles. The van der Waals surface area contributed by atoms with Crippen LogP contribution in [-0.4, -0.2) is 54.1 Å². The summed E-state index contributed by atoms with van der Waals surface area (Å²) in [6.45, 7) is 2.72. The van der Waals surface area contributed by atoms with Gasteiger partial charge in [-0.1, -0.05) is 13.8 Å². The van der Waals surface area contributed by atoms with Crippen molar-refractivity contribution in [1.29, 1.82) is 0 Å². The van der Waals surface area contributed by atoms with Gasteiger partial charge in [-0.05, 0) is 6.42 Å². The molecule has 0 aliphatic rings. The molecule has 4 N–H and O–H groups in total. The maximum atomic E-state index is 11.4. The summed E-state index contributed by atoms with van der Waals surface area (Å²) < 4.78 is 29.2. The number of nitrogens with one attached hydrogen (secondary N) is 1. The van der Waals surface area contributed by atoms with Gasteiger partial charge in [-0.25, -0.2) is 0 Å². The number of amides is 1. The molecule has 0 spiro atoms. The molecule has 8 heteroatoms. The molecule has 0 radical (unpaired) electrons. The number of carbonyl (C=O) groups excluding carboxylic acids is 1. The second kappa shape index (κ2) is 6.29. The van der Waals surface area contributed by atoms with Crippen LogP contribution in [0.15, 0.2) is 0 Å². The van der Waals surface area contributed by atoms with E-state index in [4.69, 9.17) is 9.66 Å². The molecule has 1 amide bonds. The Morgan fingerprint density at radius 3 is 2.35 bits per heavy atom. The Kier molecular flexibility index (Phi) is 6.03.